The molecular formula is C12H13N3O2. The van der Waals surface area contributed by atoms with Crippen LogP contribution in [0.3, 0.4) is 0 Å². The van der Waals surface area contributed by atoms with Gasteiger partial charge in [-0.05, 0) is 38.1 Å². The maximum Gasteiger partial charge on any atom is 0.320 e. The van der Waals surface area contributed by atoms with Gasteiger partial charge in [-0.3, -0.25) is 4.79 Å². The van der Waals surface area contributed by atoms with Crippen molar-refractivity contribution in [1.82, 2.24) is 5.32 Å². The molecule has 88 valence electrons. The van der Waals surface area contributed by atoms with E-state index >= 15 is 0 Å². The summed E-state index contributed by atoms with van der Waals surface area (Å²) >= 11 is 0. The molecule has 0 aliphatic carbocycles. The first kappa shape index (κ1) is 12.7. The largest absolute Gasteiger partial charge is 0.322 e. The fourth-order valence-corrected chi connectivity index (χ4v) is 1.18. The molecule has 2 amide bonds. The number of hydrogen-bond acceptors (Lipinski definition) is 3. The van der Waals surface area contributed by atoms with Crippen molar-refractivity contribution in [2.75, 3.05) is 5.32 Å². The number of hydrogen-bond donors (Lipinski definition) is 2. The van der Waals surface area contributed by atoms with Gasteiger partial charge in [-0.2, -0.15) is 5.26 Å². The van der Waals surface area contributed by atoms with Crippen LogP contribution in [0, 0.1) is 11.3 Å². The summed E-state index contributed by atoms with van der Waals surface area (Å²) in [5.74, 6) is -0.0286. The van der Waals surface area contributed by atoms with Gasteiger partial charge in [0.25, 0.3) is 0 Å². The van der Waals surface area contributed by atoms with E-state index in [-0.39, 0.29) is 5.78 Å². The number of urea groups is 1. The Morgan fingerprint density at radius 1 is 1.29 bits per heavy atom. The van der Waals surface area contributed by atoms with Crippen LogP contribution >= 0.6 is 0 Å². The van der Waals surface area contributed by atoms with Crippen LogP contribution in [-0.2, 0) is 0 Å². The SMILES string of the molecule is CC(=O)c1ccc(NC(=O)NC(C)C#N)cc1. The third kappa shape index (κ3) is 3.95. The lowest BCUT2D eigenvalue weighted by molar-refractivity contribution is 0.101. The first-order chi connectivity index (χ1) is 8.02. The molecule has 0 aliphatic heterocycles. The Labute approximate surface area is 99.4 Å². The molecule has 1 aromatic carbocycles. The molecule has 0 saturated heterocycles. The van der Waals surface area contributed by atoms with Crippen molar-refractivity contribution in [3.63, 3.8) is 0 Å². The van der Waals surface area contributed by atoms with Gasteiger partial charge in [0, 0.05) is 11.3 Å². The van der Waals surface area contributed by atoms with Gasteiger partial charge in [0.2, 0.25) is 0 Å². The van der Waals surface area contributed by atoms with Crippen molar-refractivity contribution in [3.8, 4) is 6.07 Å². The van der Waals surface area contributed by atoms with Crippen molar-refractivity contribution < 1.29 is 9.59 Å². The van der Waals surface area contributed by atoms with E-state index in [4.69, 9.17) is 5.26 Å². The van der Waals surface area contributed by atoms with Crippen molar-refractivity contribution >= 4 is 17.5 Å². The summed E-state index contributed by atoms with van der Waals surface area (Å²) in [6.07, 6.45) is 0. The number of ketones is 1. The molecule has 17 heavy (non-hydrogen) atoms. The van der Waals surface area contributed by atoms with Crippen LogP contribution in [0.5, 0.6) is 0 Å². The Kier molecular flexibility index (Phi) is 4.23. The van der Waals surface area contributed by atoms with Crippen LogP contribution in [0.15, 0.2) is 24.3 Å². The lowest BCUT2D eigenvalue weighted by Gasteiger charge is -2.08. The van der Waals surface area contributed by atoms with E-state index in [9.17, 15) is 9.59 Å². The van der Waals surface area contributed by atoms with E-state index < -0.39 is 12.1 Å². The first-order valence-corrected chi connectivity index (χ1v) is 5.11. The second-order valence-electron chi connectivity index (χ2n) is 3.58. The molecular weight excluding hydrogens is 218 g/mol. The number of rotatable bonds is 3. The fourth-order valence-electron chi connectivity index (χ4n) is 1.18. The van der Waals surface area contributed by atoms with E-state index in [2.05, 4.69) is 10.6 Å². The number of nitrogens with zero attached hydrogens (tertiary/aromatic N) is 1. The number of nitrogens with one attached hydrogen (secondary N) is 2. The highest BCUT2D eigenvalue weighted by Gasteiger charge is 2.06. The molecule has 1 aromatic rings. The molecule has 0 radical (unpaired) electrons. The lowest BCUT2D eigenvalue weighted by Crippen LogP contribution is -2.35. The van der Waals surface area contributed by atoms with Gasteiger partial charge >= 0.3 is 6.03 Å². The minimum absolute atomic E-state index is 0.0286. The molecule has 0 bridgehead atoms. The van der Waals surface area contributed by atoms with Gasteiger partial charge < -0.3 is 10.6 Å². The number of nitriles is 1. The topological polar surface area (TPSA) is 82.0 Å². The number of Topliss-reactive ketones (excluding diaryl/α,β-unsaturated/α-hetero) is 1. The molecule has 5 heteroatoms. The number of amides is 2. The predicted octanol–water partition coefficient (Wildman–Crippen LogP) is 1.92. The third-order valence-electron chi connectivity index (χ3n) is 2.09. The summed E-state index contributed by atoms with van der Waals surface area (Å²) in [6.45, 7) is 3.06. The summed E-state index contributed by atoms with van der Waals surface area (Å²) in [4.78, 5) is 22.4. The van der Waals surface area contributed by atoms with Crippen molar-refractivity contribution in [3.05, 3.63) is 29.8 Å². The van der Waals surface area contributed by atoms with E-state index in [0.29, 0.717) is 11.3 Å². The number of benzene rings is 1. The Balaban J connectivity index is 2.61. The summed E-state index contributed by atoms with van der Waals surface area (Å²) in [6, 6.07) is 7.42. The normalized spacial score (nSPS) is 11.1. The molecule has 0 aromatic heterocycles. The van der Waals surface area contributed by atoms with Crippen LogP contribution in [0.1, 0.15) is 24.2 Å². The average molecular weight is 231 g/mol. The van der Waals surface area contributed by atoms with E-state index in [1.165, 1.54) is 6.92 Å². The summed E-state index contributed by atoms with van der Waals surface area (Å²) in [5, 5.41) is 13.5. The molecule has 1 rings (SSSR count). The minimum Gasteiger partial charge on any atom is -0.322 e. The lowest BCUT2D eigenvalue weighted by atomic mass is 10.1. The second-order valence-corrected chi connectivity index (χ2v) is 3.58. The molecule has 0 fully saturated rings. The number of carbonyl (C=O) groups is 2. The zero-order valence-corrected chi connectivity index (χ0v) is 9.65. The fraction of sp³-hybridized carbons (Fsp3) is 0.250. The van der Waals surface area contributed by atoms with Gasteiger partial charge in [-0.1, -0.05) is 0 Å². The highest BCUT2D eigenvalue weighted by molar-refractivity contribution is 5.95. The Morgan fingerprint density at radius 3 is 2.35 bits per heavy atom. The monoisotopic (exact) mass is 231 g/mol. The summed E-state index contributed by atoms with van der Waals surface area (Å²) in [7, 11) is 0. The molecule has 2 N–H and O–H groups in total. The van der Waals surface area contributed by atoms with Crippen molar-refractivity contribution in [2.24, 2.45) is 0 Å². The van der Waals surface area contributed by atoms with Crippen molar-refractivity contribution in [1.29, 1.82) is 5.26 Å². The first-order valence-electron chi connectivity index (χ1n) is 5.11. The van der Waals surface area contributed by atoms with Crippen LogP contribution in [-0.4, -0.2) is 17.9 Å². The molecule has 0 spiro atoms. The van der Waals surface area contributed by atoms with Gasteiger partial charge in [0.1, 0.15) is 6.04 Å². The second kappa shape index (κ2) is 5.66. The van der Waals surface area contributed by atoms with Crippen LogP contribution in [0.25, 0.3) is 0 Å². The van der Waals surface area contributed by atoms with E-state index in [0.717, 1.165) is 0 Å². The molecule has 1 atom stereocenters. The molecule has 0 saturated carbocycles. The number of anilines is 1. The summed E-state index contributed by atoms with van der Waals surface area (Å²) < 4.78 is 0. The Bertz CT molecular complexity index is 460. The predicted molar refractivity (Wildman–Crippen MR) is 63.7 cm³/mol. The zero-order chi connectivity index (χ0) is 12.8. The van der Waals surface area contributed by atoms with Crippen LogP contribution in [0.2, 0.25) is 0 Å². The molecule has 0 heterocycles. The standard InChI is InChI=1S/C12H13N3O2/c1-8(7-13)14-12(17)15-11-5-3-10(4-6-11)9(2)16/h3-6,8H,1-2H3,(H2,14,15,17). The zero-order valence-electron chi connectivity index (χ0n) is 9.65. The van der Waals surface area contributed by atoms with Crippen molar-refractivity contribution in [2.45, 2.75) is 19.9 Å². The molecule has 5 nitrogen and oxygen atoms in total. The van der Waals surface area contributed by atoms with E-state index in [1.807, 2.05) is 6.07 Å². The maximum absolute atomic E-state index is 11.4. The maximum atomic E-state index is 11.4. The highest BCUT2D eigenvalue weighted by atomic mass is 16.2. The molecule has 0 aliphatic rings. The summed E-state index contributed by atoms with van der Waals surface area (Å²) in [5.41, 5.74) is 1.15. The minimum atomic E-state index is -0.550. The van der Waals surface area contributed by atoms with Gasteiger partial charge in [-0.15, -0.1) is 0 Å². The number of carbonyl (C=O) groups excluding carboxylic acids is 2. The molecule has 1 unspecified atom stereocenters. The van der Waals surface area contributed by atoms with Gasteiger partial charge in [-0.25, -0.2) is 4.79 Å². The van der Waals surface area contributed by atoms with Gasteiger partial charge in [0.05, 0.1) is 6.07 Å². The third-order valence-corrected chi connectivity index (χ3v) is 2.09. The highest BCUT2D eigenvalue weighted by Crippen LogP contribution is 2.09. The smallest absolute Gasteiger partial charge is 0.320 e. The van der Waals surface area contributed by atoms with Gasteiger partial charge in [0.15, 0.2) is 5.78 Å². The Morgan fingerprint density at radius 2 is 1.88 bits per heavy atom. The quantitative estimate of drug-likeness (QED) is 0.780. The Hall–Kier alpha value is -2.35. The van der Waals surface area contributed by atoms with Crippen LogP contribution in [0.4, 0.5) is 10.5 Å². The van der Waals surface area contributed by atoms with E-state index in [1.54, 1.807) is 31.2 Å². The average Bonchev–Trinajstić information content (AvgIpc) is 2.29. The van der Waals surface area contributed by atoms with Crippen LogP contribution < -0.4 is 10.6 Å².